The highest BCUT2D eigenvalue weighted by atomic mass is 14.0. The Kier molecular flexibility index (Phi) is 3.08. The second-order valence-electron chi connectivity index (χ2n) is 3.82. The van der Waals surface area contributed by atoms with Gasteiger partial charge < -0.3 is 0 Å². The van der Waals surface area contributed by atoms with Gasteiger partial charge in [0.2, 0.25) is 0 Å². The van der Waals surface area contributed by atoms with Gasteiger partial charge in [0.05, 0.1) is 0 Å². The normalized spacial score (nSPS) is 9.38. The van der Waals surface area contributed by atoms with E-state index in [0.29, 0.717) is 0 Å². The molecular formula is C16H14. The van der Waals surface area contributed by atoms with E-state index in [2.05, 4.69) is 67.3 Å². The standard InChI is InChI=1S/C16H14/c1-3-4-14-7-11-16(12-8-14)15-9-5-13(2)6-10-15/h5-12H,1-2H3. The lowest BCUT2D eigenvalue weighted by Gasteiger charge is -2.02. The first-order chi connectivity index (χ1) is 7.79. The van der Waals surface area contributed by atoms with E-state index >= 15 is 0 Å². The highest BCUT2D eigenvalue weighted by Gasteiger charge is 1.96. The van der Waals surface area contributed by atoms with Crippen LogP contribution in [0.4, 0.5) is 0 Å². The molecule has 0 aliphatic carbocycles. The van der Waals surface area contributed by atoms with Crippen molar-refractivity contribution >= 4 is 0 Å². The smallest absolute Gasteiger partial charge is 0.0245 e. The molecule has 0 atom stereocenters. The van der Waals surface area contributed by atoms with Gasteiger partial charge in [-0.05, 0) is 37.1 Å². The molecular weight excluding hydrogens is 192 g/mol. The molecule has 0 amide bonds. The molecule has 0 bridgehead atoms. The predicted molar refractivity (Wildman–Crippen MR) is 69.2 cm³/mol. The third-order valence-corrected chi connectivity index (χ3v) is 2.54. The van der Waals surface area contributed by atoms with Gasteiger partial charge in [0.1, 0.15) is 0 Å². The number of hydrogen-bond donors (Lipinski definition) is 0. The average molecular weight is 206 g/mol. The number of benzene rings is 2. The third-order valence-electron chi connectivity index (χ3n) is 2.54. The maximum atomic E-state index is 3.05. The van der Waals surface area contributed by atoms with Gasteiger partial charge in [0.15, 0.2) is 0 Å². The summed E-state index contributed by atoms with van der Waals surface area (Å²) in [6.07, 6.45) is 0. The fourth-order valence-electron chi connectivity index (χ4n) is 1.64. The number of rotatable bonds is 1. The van der Waals surface area contributed by atoms with Crippen LogP contribution in [0.15, 0.2) is 48.5 Å². The van der Waals surface area contributed by atoms with E-state index in [1.807, 2.05) is 6.92 Å². The van der Waals surface area contributed by atoms with E-state index in [0.717, 1.165) is 5.56 Å². The summed E-state index contributed by atoms with van der Waals surface area (Å²) in [7, 11) is 0. The minimum absolute atomic E-state index is 1.07. The molecule has 0 radical (unpaired) electrons. The van der Waals surface area contributed by atoms with Crippen LogP contribution in [0.25, 0.3) is 11.1 Å². The first-order valence-corrected chi connectivity index (χ1v) is 5.39. The van der Waals surface area contributed by atoms with Crippen LogP contribution in [0.1, 0.15) is 18.1 Å². The molecule has 0 saturated carbocycles. The van der Waals surface area contributed by atoms with Gasteiger partial charge in [-0.15, -0.1) is 5.92 Å². The van der Waals surface area contributed by atoms with Crippen molar-refractivity contribution in [2.75, 3.05) is 0 Å². The van der Waals surface area contributed by atoms with Crippen LogP contribution < -0.4 is 0 Å². The van der Waals surface area contributed by atoms with Crippen LogP contribution in [0, 0.1) is 18.8 Å². The lowest BCUT2D eigenvalue weighted by molar-refractivity contribution is 1.47. The number of hydrogen-bond acceptors (Lipinski definition) is 0. The number of aryl methyl sites for hydroxylation is 1. The van der Waals surface area contributed by atoms with E-state index < -0.39 is 0 Å². The second kappa shape index (κ2) is 4.68. The third kappa shape index (κ3) is 2.32. The molecule has 2 aromatic rings. The van der Waals surface area contributed by atoms with E-state index in [9.17, 15) is 0 Å². The van der Waals surface area contributed by atoms with Gasteiger partial charge in [0.25, 0.3) is 0 Å². The topological polar surface area (TPSA) is 0 Å². The fourth-order valence-corrected chi connectivity index (χ4v) is 1.64. The quantitative estimate of drug-likeness (QED) is 0.618. The monoisotopic (exact) mass is 206 g/mol. The van der Waals surface area contributed by atoms with E-state index in [1.165, 1.54) is 16.7 Å². The van der Waals surface area contributed by atoms with Crippen LogP contribution in [-0.2, 0) is 0 Å². The van der Waals surface area contributed by atoms with E-state index in [1.54, 1.807) is 0 Å². The Morgan fingerprint density at radius 1 is 0.750 bits per heavy atom. The molecule has 0 saturated heterocycles. The van der Waals surface area contributed by atoms with Crippen molar-refractivity contribution in [1.82, 2.24) is 0 Å². The van der Waals surface area contributed by atoms with Crippen molar-refractivity contribution in [3.8, 4) is 23.0 Å². The fraction of sp³-hybridized carbons (Fsp3) is 0.125. The van der Waals surface area contributed by atoms with Gasteiger partial charge in [-0.3, -0.25) is 0 Å². The molecule has 16 heavy (non-hydrogen) atoms. The summed E-state index contributed by atoms with van der Waals surface area (Å²) in [5, 5.41) is 0. The Hall–Kier alpha value is -2.00. The summed E-state index contributed by atoms with van der Waals surface area (Å²) in [5.74, 6) is 5.95. The lowest BCUT2D eigenvalue weighted by atomic mass is 10.0. The zero-order valence-corrected chi connectivity index (χ0v) is 9.62. The van der Waals surface area contributed by atoms with Crippen molar-refractivity contribution in [2.24, 2.45) is 0 Å². The Balaban J connectivity index is 2.33. The molecule has 0 nitrogen and oxygen atoms in total. The predicted octanol–water partition coefficient (Wildman–Crippen LogP) is 4.03. The molecule has 0 aliphatic rings. The minimum Gasteiger partial charge on any atom is -0.101 e. The Labute approximate surface area is 96.9 Å². The molecule has 0 aromatic heterocycles. The van der Waals surface area contributed by atoms with Crippen molar-refractivity contribution in [3.63, 3.8) is 0 Å². The first-order valence-electron chi connectivity index (χ1n) is 5.39. The molecule has 0 fully saturated rings. The van der Waals surface area contributed by atoms with Crippen molar-refractivity contribution < 1.29 is 0 Å². The molecule has 0 N–H and O–H groups in total. The van der Waals surface area contributed by atoms with Crippen LogP contribution in [0.2, 0.25) is 0 Å². The Bertz CT molecular complexity index is 519. The average Bonchev–Trinajstić information content (AvgIpc) is 2.32. The Morgan fingerprint density at radius 2 is 1.25 bits per heavy atom. The van der Waals surface area contributed by atoms with Gasteiger partial charge in [-0.1, -0.05) is 47.9 Å². The summed E-state index contributed by atoms with van der Waals surface area (Å²) in [4.78, 5) is 0. The largest absolute Gasteiger partial charge is 0.101 e. The molecule has 0 aliphatic heterocycles. The van der Waals surface area contributed by atoms with Crippen LogP contribution in [-0.4, -0.2) is 0 Å². The summed E-state index contributed by atoms with van der Waals surface area (Å²) in [5.41, 5.74) is 4.85. The van der Waals surface area contributed by atoms with E-state index in [-0.39, 0.29) is 0 Å². The molecule has 0 unspecified atom stereocenters. The van der Waals surface area contributed by atoms with Gasteiger partial charge in [-0.25, -0.2) is 0 Å². The van der Waals surface area contributed by atoms with Gasteiger partial charge in [0, 0.05) is 5.56 Å². The van der Waals surface area contributed by atoms with Gasteiger partial charge in [-0.2, -0.15) is 0 Å². The first kappa shape index (κ1) is 10.5. The summed E-state index contributed by atoms with van der Waals surface area (Å²) >= 11 is 0. The molecule has 2 aromatic carbocycles. The highest BCUT2D eigenvalue weighted by molar-refractivity contribution is 5.64. The summed E-state index contributed by atoms with van der Waals surface area (Å²) in [6, 6.07) is 16.9. The maximum absolute atomic E-state index is 3.05. The zero-order chi connectivity index (χ0) is 11.4. The SMILES string of the molecule is CC#Cc1ccc(-c2ccc(C)cc2)cc1. The zero-order valence-electron chi connectivity index (χ0n) is 9.62. The molecule has 0 spiro atoms. The highest BCUT2D eigenvalue weighted by Crippen LogP contribution is 2.19. The van der Waals surface area contributed by atoms with Crippen molar-refractivity contribution in [2.45, 2.75) is 13.8 Å². The van der Waals surface area contributed by atoms with Crippen LogP contribution in [0.5, 0.6) is 0 Å². The van der Waals surface area contributed by atoms with Crippen LogP contribution >= 0.6 is 0 Å². The second-order valence-corrected chi connectivity index (χ2v) is 3.82. The van der Waals surface area contributed by atoms with E-state index in [4.69, 9.17) is 0 Å². The van der Waals surface area contributed by atoms with Crippen molar-refractivity contribution in [1.29, 1.82) is 0 Å². The molecule has 0 heteroatoms. The van der Waals surface area contributed by atoms with Gasteiger partial charge >= 0.3 is 0 Å². The summed E-state index contributed by atoms with van der Waals surface area (Å²) < 4.78 is 0. The maximum Gasteiger partial charge on any atom is 0.0245 e. The Morgan fingerprint density at radius 3 is 1.75 bits per heavy atom. The summed E-state index contributed by atoms with van der Waals surface area (Å²) in [6.45, 7) is 3.96. The minimum atomic E-state index is 1.07. The lowest BCUT2D eigenvalue weighted by Crippen LogP contribution is -1.79. The van der Waals surface area contributed by atoms with Crippen molar-refractivity contribution in [3.05, 3.63) is 59.7 Å². The molecule has 0 heterocycles. The molecule has 78 valence electrons. The van der Waals surface area contributed by atoms with Crippen LogP contribution in [0.3, 0.4) is 0 Å². The molecule has 2 rings (SSSR count).